The summed E-state index contributed by atoms with van der Waals surface area (Å²) >= 11 is 0. The minimum atomic E-state index is -0.979. The Labute approximate surface area is 386 Å². The van der Waals surface area contributed by atoms with Gasteiger partial charge in [0.2, 0.25) is 11.8 Å². The summed E-state index contributed by atoms with van der Waals surface area (Å²) in [7, 11) is 1.78. The van der Waals surface area contributed by atoms with Crippen molar-refractivity contribution < 1.29 is 38.6 Å². The fraction of sp³-hybridized carbons (Fsp3) is 0.906. The number of carbonyl (C=O) groups is 5. The molecule has 1 N–H and O–H groups in total. The summed E-state index contributed by atoms with van der Waals surface area (Å²) in [5.74, 6) is -1.33. The van der Waals surface area contributed by atoms with E-state index in [0.717, 1.165) is 109 Å². The Morgan fingerprint density at radius 2 is 0.952 bits per heavy atom. The number of carbonyl (C=O) groups excluding carboxylic acids is 4. The summed E-state index contributed by atoms with van der Waals surface area (Å²) in [4.78, 5) is 68.0. The van der Waals surface area contributed by atoms with Gasteiger partial charge in [-0.15, -0.1) is 0 Å². The second-order valence-corrected chi connectivity index (χ2v) is 19.0. The molecule has 1 rings (SSSR count). The van der Waals surface area contributed by atoms with Gasteiger partial charge < -0.3 is 24.4 Å². The zero-order valence-electron chi connectivity index (χ0n) is 41.6. The van der Waals surface area contributed by atoms with Crippen molar-refractivity contribution in [3.63, 3.8) is 0 Å². The maximum atomic E-state index is 13.9. The van der Waals surface area contributed by atoms with Gasteiger partial charge in [-0.25, -0.2) is 4.79 Å². The monoisotopic (exact) mass is 891 g/mol. The summed E-state index contributed by atoms with van der Waals surface area (Å²) in [6.45, 7) is 10.2. The summed E-state index contributed by atoms with van der Waals surface area (Å²) in [6, 6.07) is -0.508. The number of amides is 2. The van der Waals surface area contributed by atoms with Crippen molar-refractivity contribution >= 4 is 29.7 Å². The highest BCUT2D eigenvalue weighted by Gasteiger charge is 2.37. The van der Waals surface area contributed by atoms with E-state index in [0.29, 0.717) is 32.6 Å². The minimum Gasteiger partial charge on any atom is -0.481 e. The summed E-state index contributed by atoms with van der Waals surface area (Å²) in [6.07, 6.45) is 35.2. The number of likely N-dealkylation sites (tertiary alicyclic amines) is 1. The van der Waals surface area contributed by atoms with Crippen molar-refractivity contribution in [3.8, 4) is 0 Å². The van der Waals surface area contributed by atoms with Gasteiger partial charge in [0.1, 0.15) is 6.04 Å². The number of esters is 2. The summed E-state index contributed by atoms with van der Waals surface area (Å²) in [5, 5.41) is 9.17. The Bertz CT molecular complexity index is 1180. The molecule has 1 saturated heterocycles. The van der Waals surface area contributed by atoms with Gasteiger partial charge in [-0.2, -0.15) is 0 Å². The van der Waals surface area contributed by atoms with Crippen LogP contribution in [-0.2, 0) is 33.4 Å². The number of carboxylic acid groups (broad SMARTS) is 1. The number of unbranched alkanes of at least 4 members (excludes halogenated alkanes) is 20. The van der Waals surface area contributed by atoms with E-state index in [-0.39, 0.29) is 54.5 Å². The van der Waals surface area contributed by atoms with Crippen LogP contribution in [0.1, 0.15) is 259 Å². The molecule has 368 valence electrons. The molecule has 10 heteroatoms. The summed E-state index contributed by atoms with van der Waals surface area (Å²) < 4.78 is 11.6. The third-order valence-corrected chi connectivity index (χ3v) is 13.5. The van der Waals surface area contributed by atoms with E-state index in [2.05, 4.69) is 27.7 Å². The zero-order valence-corrected chi connectivity index (χ0v) is 41.6. The first-order valence-corrected chi connectivity index (χ1v) is 26.7. The van der Waals surface area contributed by atoms with Crippen LogP contribution in [0.4, 0.5) is 0 Å². The van der Waals surface area contributed by atoms with Gasteiger partial charge in [0, 0.05) is 32.0 Å². The van der Waals surface area contributed by atoms with Crippen LogP contribution < -0.4 is 0 Å². The lowest BCUT2D eigenvalue weighted by atomic mass is 9.92. The highest BCUT2D eigenvalue weighted by molar-refractivity contribution is 5.86. The fourth-order valence-corrected chi connectivity index (χ4v) is 9.26. The van der Waals surface area contributed by atoms with Crippen LogP contribution >= 0.6 is 0 Å². The van der Waals surface area contributed by atoms with Crippen LogP contribution in [0.25, 0.3) is 0 Å². The molecule has 0 aromatic carbocycles. The van der Waals surface area contributed by atoms with Gasteiger partial charge in [-0.05, 0) is 77.0 Å². The molecule has 0 aromatic heterocycles. The molecule has 0 aromatic rings. The van der Waals surface area contributed by atoms with Crippen LogP contribution in [0, 0.1) is 11.8 Å². The predicted molar refractivity (Wildman–Crippen MR) is 258 cm³/mol. The fourth-order valence-electron chi connectivity index (χ4n) is 9.26. The number of hydrogen-bond donors (Lipinski definition) is 1. The van der Waals surface area contributed by atoms with E-state index >= 15 is 0 Å². The molecular formula is C53H98N2O8. The number of carboxylic acids is 1. The van der Waals surface area contributed by atoms with E-state index in [1.807, 2.05) is 4.90 Å². The number of hydrogen-bond acceptors (Lipinski definition) is 7. The van der Waals surface area contributed by atoms with Crippen LogP contribution in [0.5, 0.6) is 0 Å². The molecular weight excluding hydrogens is 793 g/mol. The molecule has 63 heavy (non-hydrogen) atoms. The highest BCUT2D eigenvalue weighted by atomic mass is 16.5. The van der Waals surface area contributed by atoms with Gasteiger partial charge in [0.05, 0.1) is 25.6 Å². The number of nitrogens with zero attached hydrogens (tertiary/aromatic N) is 2. The van der Waals surface area contributed by atoms with Gasteiger partial charge >= 0.3 is 17.9 Å². The molecule has 1 aliphatic heterocycles. The highest BCUT2D eigenvalue weighted by Crippen LogP contribution is 2.27. The molecule has 0 aliphatic carbocycles. The lowest BCUT2D eigenvalue weighted by Crippen LogP contribution is -2.44. The van der Waals surface area contributed by atoms with E-state index in [1.165, 1.54) is 96.3 Å². The predicted octanol–water partition coefficient (Wildman–Crippen LogP) is 13.6. The number of ether oxygens (including phenoxy) is 2. The molecule has 0 bridgehead atoms. The van der Waals surface area contributed by atoms with E-state index in [1.54, 1.807) is 11.9 Å². The zero-order chi connectivity index (χ0) is 46.3. The van der Waals surface area contributed by atoms with Crippen molar-refractivity contribution in [1.29, 1.82) is 0 Å². The molecule has 1 heterocycles. The second kappa shape index (κ2) is 39.7. The molecule has 2 amide bonds. The Kier molecular flexibility index (Phi) is 36.8. The normalized spacial score (nSPS) is 15.3. The molecule has 1 fully saturated rings. The Morgan fingerprint density at radius 3 is 1.44 bits per heavy atom. The second-order valence-electron chi connectivity index (χ2n) is 19.0. The number of rotatable bonds is 43. The Hall–Kier alpha value is -2.65. The molecule has 0 saturated carbocycles. The van der Waals surface area contributed by atoms with Gasteiger partial charge in [-0.1, -0.05) is 169 Å². The van der Waals surface area contributed by atoms with Crippen molar-refractivity contribution in [2.75, 3.05) is 26.8 Å². The Morgan fingerprint density at radius 1 is 0.540 bits per heavy atom. The first-order chi connectivity index (χ1) is 30.6. The average Bonchev–Trinajstić information content (AvgIpc) is 3.78. The van der Waals surface area contributed by atoms with Crippen LogP contribution in [0.3, 0.4) is 0 Å². The first kappa shape index (κ1) is 58.4. The maximum absolute atomic E-state index is 13.9. The molecule has 4 atom stereocenters. The van der Waals surface area contributed by atoms with Crippen LogP contribution in [0.2, 0.25) is 0 Å². The molecule has 0 spiro atoms. The van der Waals surface area contributed by atoms with Gasteiger partial charge in [0.15, 0.2) is 0 Å². The van der Waals surface area contributed by atoms with E-state index in [9.17, 15) is 29.1 Å². The van der Waals surface area contributed by atoms with Gasteiger partial charge in [0.25, 0.3) is 0 Å². The third kappa shape index (κ3) is 28.8. The quantitative estimate of drug-likeness (QED) is 0.0473. The van der Waals surface area contributed by atoms with Crippen LogP contribution in [0.15, 0.2) is 0 Å². The standard InChI is InChI=1S/C53H98N2O8/c1-6-10-14-18-20-26-34-45(33-24-16-12-8-3)51(59)55-42-32-39-48(55)53(61)63-44-31-23-29-38-47(54(5)49(56)40-41-50(57)58)37-28-22-30-43-62-52(60)46(35-25-17-13-9-4)36-27-21-19-15-11-7-2/h45-48H,6-44H2,1-5H3,(H,57,58). The molecule has 1 aliphatic rings. The van der Waals surface area contributed by atoms with Crippen molar-refractivity contribution in [1.82, 2.24) is 9.80 Å². The summed E-state index contributed by atoms with van der Waals surface area (Å²) in [5.41, 5.74) is 0. The molecule has 4 unspecified atom stereocenters. The lowest BCUT2D eigenvalue weighted by Gasteiger charge is -2.29. The van der Waals surface area contributed by atoms with Crippen LogP contribution in [-0.4, -0.2) is 83.5 Å². The largest absolute Gasteiger partial charge is 0.481 e. The Balaban J connectivity index is 2.62. The van der Waals surface area contributed by atoms with E-state index in [4.69, 9.17) is 9.47 Å². The number of aliphatic carboxylic acids is 1. The van der Waals surface area contributed by atoms with E-state index < -0.39 is 12.0 Å². The topological polar surface area (TPSA) is 131 Å². The first-order valence-electron chi connectivity index (χ1n) is 26.7. The third-order valence-electron chi connectivity index (χ3n) is 13.5. The average molecular weight is 891 g/mol. The van der Waals surface area contributed by atoms with Crippen molar-refractivity contribution in [2.45, 2.75) is 271 Å². The molecule has 0 radical (unpaired) electrons. The SMILES string of the molecule is CCCCCCCCC(CCCCCC)C(=O)OCCCCCC(CCCCCOC(=O)C1CCCN1C(=O)C(CCCCCC)CCCCCCCC)N(C)C(=O)CCC(=O)O. The van der Waals surface area contributed by atoms with Crippen molar-refractivity contribution in [3.05, 3.63) is 0 Å². The minimum absolute atomic E-state index is 0.00444. The maximum Gasteiger partial charge on any atom is 0.328 e. The van der Waals surface area contributed by atoms with Gasteiger partial charge in [-0.3, -0.25) is 19.2 Å². The van der Waals surface area contributed by atoms with Crippen molar-refractivity contribution in [2.24, 2.45) is 11.8 Å². The smallest absolute Gasteiger partial charge is 0.328 e. The lowest BCUT2D eigenvalue weighted by molar-refractivity contribution is -0.155. The molecule has 10 nitrogen and oxygen atoms in total.